The molecular formula is C22H22FN3O4S. The van der Waals surface area contributed by atoms with Gasteiger partial charge < -0.3 is 25.8 Å². The molecule has 31 heavy (non-hydrogen) atoms. The number of ether oxygens (including phenoxy) is 2. The number of para-hydroxylation sites is 1. The topological polar surface area (TPSA) is 103 Å². The van der Waals surface area contributed by atoms with Gasteiger partial charge in [-0.1, -0.05) is 12.1 Å². The molecule has 3 aromatic rings. The molecule has 7 nitrogen and oxygen atoms in total. The molecule has 0 radical (unpaired) electrons. The average molecular weight is 444 g/mol. The summed E-state index contributed by atoms with van der Waals surface area (Å²) in [6, 6.07) is 12.6. The van der Waals surface area contributed by atoms with E-state index < -0.39 is 11.7 Å². The predicted molar refractivity (Wildman–Crippen MR) is 119 cm³/mol. The van der Waals surface area contributed by atoms with E-state index in [4.69, 9.17) is 15.2 Å². The summed E-state index contributed by atoms with van der Waals surface area (Å²) in [6.07, 6.45) is 0. The van der Waals surface area contributed by atoms with Crippen LogP contribution in [0.25, 0.3) is 0 Å². The second-order valence-corrected chi connectivity index (χ2v) is 7.48. The average Bonchev–Trinajstić information content (AvgIpc) is 3.10. The van der Waals surface area contributed by atoms with Crippen LogP contribution in [0.1, 0.15) is 25.6 Å². The van der Waals surface area contributed by atoms with E-state index >= 15 is 0 Å². The van der Waals surface area contributed by atoms with Crippen molar-refractivity contribution >= 4 is 39.4 Å². The highest BCUT2D eigenvalue weighted by Gasteiger charge is 2.26. The Balaban J connectivity index is 2.00. The quantitative estimate of drug-likeness (QED) is 0.343. The van der Waals surface area contributed by atoms with Crippen molar-refractivity contribution in [2.45, 2.75) is 0 Å². The number of benzene rings is 2. The highest BCUT2D eigenvalue weighted by molar-refractivity contribution is 7.19. The van der Waals surface area contributed by atoms with Crippen molar-refractivity contribution in [1.82, 2.24) is 5.32 Å². The molecule has 0 aliphatic heterocycles. The Morgan fingerprint density at radius 2 is 1.81 bits per heavy atom. The lowest BCUT2D eigenvalue weighted by Crippen LogP contribution is -2.27. The van der Waals surface area contributed by atoms with Gasteiger partial charge in [0.25, 0.3) is 5.91 Å². The molecule has 0 saturated heterocycles. The normalized spacial score (nSPS) is 10.5. The molecule has 9 heteroatoms. The maximum Gasteiger partial charge on any atom is 0.256 e. The molecular weight excluding hydrogens is 421 g/mol. The van der Waals surface area contributed by atoms with E-state index in [0.717, 1.165) is 11.3 Å². The first-order chi connectivity index (χ1) is 15.0. The van der Waals surface area contributed by atoms with Gasteiger partial charge in [-0.15, -0.1) is 11.3 Å². The van der Waals surface area contributed by atoms with Crippen LogP contribution in [0.5, 0.6) is 5.75 Å². The van der Waals surface area contributed by atoms with Gasteiger partial charge in [-0.3, -0.25) is 9.59 Å². The highest BCUT2D eigenvalue weighted by Crippen LogP contribution is 2.39. The number of methoxy groups -OCH3 is 2. The Labute approximate surface area is 183 Å². The number of hydrogen-bond acceptors (Lipinski definition) is 7. The number of halogens is 1. The number of carbonyl (C=O) groups is 2. The number of carbonyl (C=O) groups excluding carboxylic acids is 2. The van der Waals surface area contributed by atoms with Crippen LogP contribution in [0.4, 0.5) is 20.8 Å². The maximum absolute atomic E-state index is 14.2. The van der Waals surface area contributed by atoms with Gasteiger partial charge in [-0.25, -0.2) is 4.39 Å². The molecule has 1 aromatic heterocycles. The van der Waals surface area contributed by atoms with E-state index in [1.54, 1.807) is 36.4 Å². The van der Waals surface area contributed by atoms with Gasteiger partial charge >= 0.3 is 0 Å². The fourth-order valence-corrected chi connectivity index (χ4v) is 3.93. The molecule has 2 aromatic carbocycles. The van der Waals surface area contributed by atoms with Crippen LogP contribution in [0.15, 0.2) is 48.5 Å². The summed E-state index contributed by atoms with van der Waals surface area (Å²) in [5, 5.41) is 5.86. The van der Waals surface area contributed by atoms with Gasteiger partial charge in [0.1, 0.15) is 21.4 Å². The number of nitrogens with two attached hydrogens (primary N) is 1. The lowest BCUT2D eigenvalue weighted by atomic mass is 10.1. The monoisotopic (exact) mass is 443 g/mol. The van der Waals surface area contributed by atoms with E-state index in [0.29, 0.717) is 17.9 Å². The Kier molecular flexibility index (Phi) is 7.22. The van der Waals surface area contributed by atoms with Crippen molar-refractivity contribution in [2.24, 2.45) is 0 Å². The van der Waals surface area contributed by atoms with E-state index in [1.165, 1.54) is 26.4 Å². The zero-order valence-corrected chi connectivity index (χ0v) is 17.8. The minimum absolute atomic E-state index is 0.0274. The SMILES string of the molecule is COCCNC(=O)c1c(Nc2ccccc2F)sc(C(=O)c2ccc(OC)cc2)c1N. The third-order valence-electron chi connectivity index (χ3n) is 4.44. The van der Waals surface area contributed by atoms with Gasteiger partial charge in [0, 0.05) is 19.2 Å². The number of hydrogen-bond donors (Lipinski definition) is 3. The first-order valence-corrected chi connectivity index (χ1v) is 10.2. The van der Waals surface area contributed by atoms with Crippen molar-refractivity contribution in [3.05, 3.63) is 70.4 Å². The smallest absolute Gasteiger partial charge is 0.256 e. The van der Waals surface area contributed by atoms with Crippen LogP contribution >= 0.6 is 11.3 Å². The molecule has 4 N–H and O–H groups in total. The highest BCUT2D eigenvalue weighted by atomic mass is 32.1. The summed E-state index contributed by atoms with van der Waals surface area (Å²) in [5.74, 6) is -0.727. The van der Waals surface area contributed by atoms with Gasteiger partial charge in [-0.2, -0.15) is 0 Å². The number of nitrogens with one attached hydrogen (secondary N) is 2. The van der Waals surface area contributed by atoms with Crippen LogP contribution in [0, 0.1) is 5.82 Å². The molecule has 0 fully saturated rings. The Morgan fingerprint density at radius 1 is 1.10 bits per heavy atom. The third-order valence-corrected chi connectivity index (χ3v) is 5.56. The number of nitrogen functional groups attached to an aromatic ring is 1. The predicted octanol–water partition coefficient (Wildman–Crippen LogP) is 3.83. The molecule has 0 saturated carbocycles. The Bertz CT molecular complexity index is 1080. The summed E-state index contributed by atoms with van der Waals surface area (Å²) in [4.78, 5) is 26.0. The molecule has 0 aliphatic rings. The number of anilines is 3. The minimum atomic E-state index is -0.497. The zero-order chi connectivity index (χ0) is 22.4. The van der Waals surface area contributed by atoms with Gasteiger partial charge in [0.15, 0.2) is 0 Å². The van der Waals surface area contributed by atoms with E-state index in [2.05, 4.69) is 10.6 Å². The molecule has 1 amide bonds. The number of rotatable bonds is 9. The second-order valence-electron chi connectivity index (χ2n) is 6.46. The summed E-state index contributed by atoms with van der Waals surface area (Å²) >= 11 is 0.994. The summed E-state index contributed by atoms with van der Waals surface area (Å²) in [6.45, 7) is 0.564. The van der Waals surface area contributed by atoms with Crippen LogP contribution in [0.3, 0.4) is 0 Å². The second kappa shape index (κ2) is 10.1. The van der Waals surface area contributed by atoms with Crippen molar-refractivity contribution in [2.75, 3.05) is 38.4 Å². The Hall–Kier alpha value is -3.43. The van der Waals surface area contributed by atoms with Crippen LogP contribution in [-0.2, 0) is 4.74 Å². The van der Waals surface area contributed by atoms with Crippen molar-refractivity contribution in [3.63, 3.8) is 0 Å². The molecule has 1 heterocycles. The van der Waals surface area contributed by atoms with Crippen LogP contribution in [-0.4, -0.2) is 39.1 Å². The lowest BCUT2D eigenvalue weighted by molar-refractivity contribution is 0.0939. The van der Waals surface area contributed by atoms with Crippen molar-refractivity contribution in [3.8, 4) is 5.75 Å². The number of thiophene rings is 1. The first-order valence-electron chi connectivity index (χ1n) is 9.36. The number of ketones is 1. The molecule has 0 aliphatic carbocycles. The van der Waals surface area contributed by atoms with Gasteiger partial charge in [0.05, 0.1) is 30.7 Å². The van der Waals surface area contributed by atoms with E-state index in [1.807, 2.05) is 0 Å². The van der Waals surface area contributed by atoms with E-state index in [9.17, 15) is 14.0 Å². The standard InChI is InChI=1S/C22H22FN3O4S/c1-29-12-11-25-21(28)17-18(24)20(19(27)13-7-9-14(30-2)10-8-13)31-22(17)26-16-6-4-3-5-15(16)23/h3-10,26H,11-12,24H2,1-2H3,(H,25,28). The fraction of sp³-hybridized carbons (Fsp3) is 0.182. The van der Waals surface area contributed by atoms with Crippen molar-refractivity contribution < 1.29 is 23.5 Å². The van der Waals surface area contributed by atoms with Gasteiger partial charge in [-0.05, 0) is 36.4 Å². The van der Waals surface area contributed by atoms with E-state index in [-0.39, 0.29) is 39.1 Å². The Morgan fingerprint density at radius 3 is 2.45 bits per heavy atom. The van der Waals surface area contributed by atoms with Gasteiger partial charge in [0.2, 0.25) is 5.78 Å². The minimum Gasteiger partial charge on any atom is -0.497 e. The summed E-state index contributed by atoms with van der Waals surface area (Å²) in [5.41, 5.74) is 6.90. The molecule has 162 valence electrons. The van der Waals surface area contributed by atoms with Crippen LogP contribution < -0.4 is 21.1 Å². The molecule has 0 unspecified atom stereocenters. The molecule has 3 rings (SSSR count). The third kappa shape index (κ3) is 5.01. The summed E-state index contributed by atoms with van der Waals surface area (Å²) in [7, 11) is 3.05. The molecule has 0 spiro atoms. The first kappa shape index (κ1) is 22.3. The number of amides is 1. The summed E-state index contributed by atoms with van der Waals surface area (Å²) < 4.78 is 24.2. The largest absolute Gasteiger partial charge is 0.497 e. The fourth-order valence-electron chi connectivity index (χ4n) is 2.84. The van der Waals surface area contributed by atoms with Crippen molar-refractivity contribution in [1.29, 1.82) is 0 Å². The zero-order valence-electron chi connectivity index (χ0n) is 17.0. The molecule has 0 atom stereocenters. The maximum atomic E-state index is 14.2. The van der Waals surface area contributed by atoms with Crippen LogP contribution in [0.2, 0.25) is 0 Å². The molecule has 0 bridgehead atoms. The lowest BCUT2D eigenvalue weighted by Gasteiger charge is -2.09.